The number of piperidine rings is 1. The fourth-order valence-corrected chi connectivity index (χ4v) is 4.31. The summed E-state index contributed by atoms with van der Waals surface area (Å²) in [5.41, 5.74) is 5.99. The van der Waals surface area contributed by atoms with Crippen LogP contribution in [0.5, 0.6) is 0 Å². The third kappa shape index (κ3) is 3.44. The standard InChI is InChI=1S/C12H25N3O2S/c1-10-6-8-15(9-7-10)18(16,17)14-12-5-3-2-4-11(12)13/h10-12,14H,2-9,13H2,1H3. The topological polar surface area (TPSA) is 75.4 Å². The number of hydrogen-bond acceptors (Lipinski definition) is 3. The van der Waals surface area contributed by atoms with E-state index in [0.29, 0.717) is 19.0 Å². The molecule has 0 bridgehead atoms. The third-order valence-electron chi connectivity index (χ3n) is 4.20. The summed E-state index contributed by atoms with van der Waals surface area (Å²) in [6, 6.07) is -0.111. The van der Waals surface area contributed by atoms with Crippen LogP contribution in [-0.4, -0.2) is 37.9 Å². The Morgan fingerprint density at radius 1 is 1.11 bits per heavy atom. The van der Waals surface area contributed by atoms with Crippen LogP contribution in [-0.2, 0) is 10.2 Å². The highest BCUT2D eigenvalue weighted by molar-refractivity contribution is 7.87. The van der Waals surface area contributed by atoms with Crippen molar-refractivity contribution in [2.75, 3.05) is 13.1 Å². The molecule has 18 heavy (non-hydrogen) atoms. The lowest BCUT2D eigenvalue weighted by molar-refractivity contribution is 0.277. The number of nitrogens with two attached hydrogens (primary N) is 1. The Hall–Kier alpha value is -0.170. The highest BCUT2D eigenvalue weighted by Crippen LogP contribution is 2.21. The second kappa shape index (κ2) is 5.86. The molecule has 2 fully saturated rings. The normalized spacial score (nSPS) is 32.6. The maximum atomic E-state index is 12.3. The van der Waals surface area contributed by atoms with Crippen molar-refractivity contribution < 1.29 is 8.42 Å². The van der Waals surface area contributed by atoms with Crippen molar-refractivity contribution in [3.8, 4) is 0 Å². The molecule has 6 heteroatoms. The average Bonchev–Trinajstić information content (AvgIpc) is 2.32. The number of rotatable bonds is 3. The van der Waals surface area contributed by atoms with Gasteiger partial charge in [0.05, 0.1) is 0 Å². The SMILES string of the molecule is CC1CCN(S(=O)(=O)NC2CCCCC2N)CC1. The predicted octanol–water partition coefficient (Wildman–Crippen LogP) is 0.823. The lowest BCUT2D eigenvalue weighted by Crippen LogP contribution is -2.54. The van der Waals surface area contributed by atoms with Crippen LogP contribution in [0.25, 0.3) is 0 Å². The molecule has 2 unspecified atom stereocenters. The van der Waals surface area contributed by atoms with E-state index in [1.54, 1.807) is 4.31 Å². The van der Waals surface area contributed by atoms with Crippen LogP contribution in [0.2, 0.25) is 0 Å². The second-order valence-corrected chi connectivity index (χ2v) is 7.46. The summed E-state index contributed by atoms with van der Waals surface area (Å²) in [6.45, 7) is 3.45. The van der Waals surface area contributed by atoms with E-state index in [2.05, 4.69) is 11.6 Å². The van der Waals surface area contributed by atoms with E-state index in [1.165, 1.54) is 0 Å². The van der Waals surface area contributed by atoms with Gasteiger partial charge in [-0.1, -0.05) is 19.8 Å². The van der Waals surface area contributed by atoms with Gasteiger partial charge in [0, 0.05) is 25.2 Å². The molecular formula is C12H25N3O2S. The fourth-order valence-electron chi connectivity index (χ4n) is 2.80. The molecular weight excluding hydrogens is 250 g/mol. The van der Waals surface area contributed by atoms with Gasteiger partial charge in [-0.2, -0.15) is 17.4 Å². The molecule has 1 saturated heterocycles. The fraction of sp³-hybridized carbons (Fsp3) is 1.00. The molecule has 2 atom stereocenters. The van der Waals surface area contributed by atoms with E-state index in [9.17, 15) is 8.42 Å². The lowest BCUT2D eigenvalue weighted by atomic mass is 9.92. The van der Waals surface area contributed by atoms with Crippen molar-refractivity contribution in [1.29, 1.82) is 0 Å². The molecule has 0 amide bonds. The van der Waals surface area contributed by atoms with E-state index >= 15 is 0 Å². The van der Waals surface area contributed by atoms with Crippen LogP contribution in [0.1, 0.15) is 45.4 Å². The van der Waals surface area contributed by atoms with Crippen molar-refractivity contribution in [3.63, 3.8) is 0 Å². The van der Waals surface area contributed by atoms with Gasteiger partial charge in [0.25, 0.3) is 10.2 Å². The van der Waals surface area contributed by atoms with Gasteiger partial charge in [-0.25, -0.2) is 0 Å². The van der Waals surface area contributed by atoms with Gasteiger partial charge < -0.3 is 5.73 Å². The highest BCUT2D eigenvalue weighted by atomic mass is 32.2. The summed E-state index contributed by atoms with van der Waals surface area (Å²) in [6.07, 6.45) is 5.88. The summed E-state index contributed by atoms with van der Waals surface area (Å²) in [4.78, 5) is 0. The second-order valence-electron chi connectivity index (χ2n) is 5.76. The Labute approximate surface area is 110 Å². The van der Waals surface area contributed by atoms with Gasteiger partial charge in [-0.15, -0.1) is 0 Å². The zero-order chi connectivity index (χ0) is 13.2. The summed E-state index contributed by atoms with van der Waals surface area (Å²) in [5.74, 6) is 0.633. The zero-order valence-corrected chi connectivity index (χ0v) is 12.0. The van der Waals surface area contributed by atoms with Crippen molar-refractivity contribution in [2.45, 2.75) is 57.5 Å². The molecule has 1 heterocycles. The minimum absolute atomic E-state index is 0.0303. The van der Waals surface area contributed by atoms with E-state index in [4.69, 9.17) is 5.73 Å². The van der Waals surface area contributed by atoms with Crippen LogP contribution in [0.15, 0.2) is 0 Å². The van der Waals surface area contributed by atoms with Crippen molar-refractivity contribution >= 4 is 10.2 Å². The zero-order valence-electron chi connectivity index (χ0n) is 11.1. The minimum Gasteiger partial charge on any atom is -0.326 e. The first-order valence-corrected chi connectivity index (χ1v) is 8.46. The van der Waals surface area contributed by atoms with Crippen LogP contribution in [0.4, 0.5) is 0 Å². The van der Waals surface area contributed by atoms with Crippen LogP contribution >= 0.6 is 0 Å². The highest BCUT2D eigenvalue weighted by Gasteiger charge is 2.31. The van der Waals surface area contributed by atoms with Gasteiger partial charge in [0.2, 0.25) is 0 Å². The van der Waals surface area contributed by atoms with E-state index in [0.717, 1.165) is 38.5 Å². The molecule has 0 aromatic heterocycles. The van der Waals surface area contributed by atoms with Crippen LogP contribution in [0.3, 0.4) is 0 Å². The van der Waals surface area contributed by atoms with Gasteiger partial charge in [-0.3, -0.25) is 0 Å². The molecule has 1 aliphatic carbocycles. The smallest absolute Gasteiger partial charge is 0.279 e. The Bertz CT molecular complexity index is 364. The Balaban J connectivity index is 1.94. The Kier molecular flexibility index (Phi) is 4.64. The Morgan fingerprint density at radius 3 is 2.33 bits per heavy atom. The van der Waals surface area contributed by atoms with Gasteiger partial charge >= 0.3 is 0 Å². The summed E-state index contributed by atoms with van der Waals surface area (Å²) >= 11 is 0. The van der Waals surface area contributed by atoms with Crippen LogP contribution < -0.4 is 10.5 Å². The molecule has 1 saturated carbocycles. The number of nitrogens with zero attached hydrogens (tertiary/aromatic N) is 1. The average molecular weight is 275 g/mol. The quantitative estimate of drug-likeness (QED) is 0.801. The first-order chi connectivity index (χ1) is 8.49. The summed E-state index contributed by atoms with van der Waals surface area (Å²) in [7, 11) is -3.34. The maximum absolute atomic E-state index is 12.3. The van der Waals surface area contributed by atoms with E-state index in [-0.39, 0.29) is 12.1 Å². The minimum atomic E-state index is -3.34. The molecule has 0 aromatic rings. The van der Waals surface area contributed by atoms with E-state index < -0.39 is 10.2 Å². The molecule has 0 radical (unpaired) electrons. The third-order valence-corrected chi connectivity index (χ3v) is 5.85. The monoisotopic (exact) mass is 275 g/mol. The molecule has 1 aliphatic heterocycles. The molecule has 0 aromatic carbocycles. The van der Waals surface area contributed by atoms with Crippen molar-refractivity contribution in [3.05, 3.63) is 0 Å². The largest absolute Gasteiger partial charge is 0.326 e. The number of hydrogen-bond donors (Lipinski definition) is 2. The molecule has 2 rings (SSSR count). The molecule has 5 nitrogen and oxygen atoms in total. The number of nitrogens with one attached hydrogen (secondary N) is 1. The van der Waals surface area contributed by atoms with Gasteiger partial charge in [0.15, 0.2) is 0 Å². The summed E-state index contributed by atoms with van der Waals surface area (Å²) < 4.78 is 28.9. The van der Waals surface area contributed by atoms with Gasteiger partial charge in [-0.05, 0) is 31.6 Å². The first kappa shape index (κ1) is 14.2. The van der Waals surface area contributed by atoms with E-state index in [1.807, 2.05) is 0 Å². The lowest BCUT2D eigenvalue weighted by Gasteiger charge is -2.34. The molecule has 106 valence electrons. The van der Waals surface area contributed by atoms with Crippen molar-refractivity contribution in [2.24, 2.45) is 11.7 Å². The van der Waals surface area contributed by atoms with Gasteiger partial charge in [0.1, 0.15) is 0 Å². The Morgan fingerprint density at radius 2 is 1.72 bits per heavy atom. The summed E-state index contributed by atoms with van der Waals surface area (Å²) in [5, 5.41) is 0. The van der Waals surface area contributed by atoms with Crippen molar-refractivity contribution in [1.82, 2.24) is 9.03 Å². The first-order valence-electron chi connectivity index (χ1n) is 7.02. The maximum Gasteiger partial charge on any atom is 0.279 e. The molecule has 3 N–H and O–H groups in total. The predicted molar refractivity (Wildman–Crippen MR) is 72.3 cm³/mol. The molecule has 0 spiro atoms. The molecule has 2 aliphatic rings. The van der Waals surface area contributed by atoms with Crippen LogP contribution in [0, 0.1) is 5.92 Å².